The lowest BCUT2D eigenvalue weighted by molar-refractivity contribution is 0.0871. The van der Waals surface area contributed by atoms with Crippen molar-refractivity contribution in [2.45, 2.75) is 19.4 Å². The van der Waals surface area contributed by atoms with Gasteiger partial charge in [0.15, 0.2) is 5.65 Å². The summed E-state index contributed by atoms with van der Waals surface area (Å²) in [6.07, 6.45) is 6.66. The second kappa shape index (κ2) is 6.48. The number of rotatable bonds is 5. The number of aromatic nitrogens is 4. The fraction of sp³-hybridized carbons (Fsp3) is 0.294. The van der Waals surface area contributed by atoms with Gasteiger partial charge in [-0.1, -0.05) is 0 Å². The molecule has 3 heterocycles. The monoisotopic (exact) mass is 340 g/mol. The van der Waals surface area contributed by atoms with Crippen molar-refractivity contribution in [1.29, 1.82) is 0 Å². The van der Waals surface area contributed by atoms with E-state index in [0.29, 0.717) is 17.0 Å². The van der Waals surface area contributed by atoms with E-state index in [1.54, 1.807) is 37.0 Å². The minimum absolute atomic E-state index is 0.166. The molecule has 25 heavy (non-hydrogen) atoms. The first kappa shape index (κ1) is 16.8. The summed E-state index contributed by atoms with van der Waals surface area (Å²) in [6.45, 7) is 3.32. The Kier molecular flexibility index (Phi) is 4.37. The molecule has 130 valence electrons. The van der Waals surface area contributed by atoms with E-state index in [-0.39, 0.29) is 12.5 Å². The van der Waals surface area contributed by atoms with Crippen LogP contribution in [0.5, 0.6) is 0 Å². The molecule has 0 radical (unpaired) electrons. The molecule has 2 N–H and O–H groups in total. The molecular formula is C17H20N6O2. The first-order valence-electron chi connectivity index (χ1n) is 7.83. The van der Waals surface area contributed by atoms with Crippen molar-refractivity contribution in [3.8, 4) is 0 Å². The number of aliphatic hydroxyl groups excluding tert-OH is 1. The Morgan fingerprint density at radius 1 is 1.36 bits per heavy atom. The average molecular weight is 340 g/mol. The zero-order chi connectivity index (χ0) is 18.0. The molecule has 0 fully saturated rings. The van der Waals surface area contributed by atoms with Crippen molar-refractivity contribution < 1.29 is 9.90 Å². The minimum atomic E-state index is -0.727. The Bertz CT molecular complexity index is 891. The molecule has 3 aromatic rings. The zero-order valence-corrected chi connectivity index (χ0v) is 14.3. The molecule has 0 aliphatic carbocycles. The Labute approximate surface area is 145 Å². The van der Waals surface area contributed by atoms with Crippen LogP contribution in [0.3, 0.4) is 0 Å². The van der Waals surface area contributed by atoms with E-state index in [2.05, 4.69) is 20.4 Å². The van der Waals surface area contributed by atoms with Gasteiger partial charge < -0.3 is 15.3 Å². The maximum absolute atomic E-state index is 12.5. The first-order chi connectivity index (χ1) is 11.9. The second-order valence-corrected chi connectivity index (χ2v) is 6.38. The number of carbonyl (C=O) groups is 1. The van der Waals surface area contributed by atoms with Crippen LogP contribution in [0.25, 0.3) is 5.65 Å². The molecule has 0 aromatic carbocycles. The third-order valence-corrected chi connectivity index (χ3v) is 3.82. The van der Waals surface area contributed by atoms with Crippen LogP contribution in [0.4, 0.5) is 11.5 Å². The molecule has 0 spiro atoms. The molecule has 0 unspecified atom stereocenters. The van der Waals surface area contributed by atoms with Crippen molar-refractivity contribution in [3.05, 3.63) is 48.5 Å². The summed E-state index contributed by atoms with van der Waals surface area (Å²) in [5.74, 6) is 0.333. The topological polar surface area (TPSA) is 95.7 Å². The highest BCUT2D eigenvalue weighted by atomic mass is 16.3. The van der Waals surface area contributed by atoms with E-state index in [0.717, 1.165) is 5.69 Å². The Morgan fingerprint density at radius 2 is 2.16 bits per heavy atom. The smallest absolute Gasteiger partial charge is 0.257 e. The number of anilines is 2. The van der Waals surface area contributed by atoms with Gasteiger partial charge in [-0.15, -0.1) is 0 Å². The van der Waals surface area contributed by atoms with Crippen molar-refractivity contribution in [3.63, 3.8) is 0 Å². The van der Waals surface area contributed by atoms with Crippen molar-refractivity contribution in [2.24, 2.45) is 0 Å². The number of fused-ring (bicyclic) bond motifs is 1. The van der Waals surface area contributed by atoms with E-state index in [9.17, 15) is 9.90 Å². The number of pyridine rings is 1. The lowest BCUT2D eigenvalue weighted by Crippen LogP contribution is -2.46. The van der Waals surface area contributed by atoms with Gasteiger partial charge in [-0.3, -0.25) is 9.78 Å². The number of aliphatic hydroxyl groups is 1. The van der Waals surface area contributed by atoms with Gasteiger partial charge in [0.1, 0.15) is 11.4 Å². The molecule has 0 atom stereocenters. The van der Waals surface area contributed by atoms with Gasteiger partial charge >= 0.3 is 0 Å². The van der Waals surface area contributed by atoms with E-state index in [1.807, 2.05) is 30.1 Å². The van der Waals surface area contributed by atoms with Crippen molar-refractivity contribution >= 4 is 23.1 Å². The molecule has 3 rings (SSSR count). The number of hydrogen-bond donors (Lipinski definition) is 2. The van der Waals surface area contributed by atoms with Crippen LogP contribution >= 0.6 is 0 Å². The fourth-order valence-electron chi connectivity index (χ4n) is 2.30. The number of amides is 1. The lowest BCUT2D eigenvalue weighted by atomic mass is 10.1. The van der Waals surface area contributed by atoms with Crippen LogP contribution in [0, 0.1) is 0 Å². The molecule has 0 bridgehead atoms. The third-order valence-electron chi connectivity index (χ3n) is 3.82. The Balaban J connectivity index is 1.96. The summed E-state index contributed by atoms with van der Waals surface area (Å²) < 4.78 is 1.54. The van der Waals surface area contributed by atoms with Crippen LogP contribution in [-0.4, -0.2) is 49.8 Å². The summed E-state index contributed by atoms with van der Waals surface area (Å²) in [6, 6.07) is 5.58. The molecule has 3 aromatic heterocycles. The van der Waals surface area contributed by atoms with Gasteiger partial charge in [-0.25, -0.2) is 9.50 Å². The minimum Gasteiger partial charge on any atom is -0.394 e. The highest BCUT2D eigenvalue weighted by Crippen LogP contribution is 2.21. The highest BCUT2D eigenvalue weighted by Gasteiger charge is 2.23. The standard InChI is InChI=1S/C17H20N6O2/c1-17(2,11-24)21-16(25)13-10-19-23-8-6-14(20-15(13)23)22(3)12-5-4-7-18-9-12/h4-10,24H,11H2,1-3H3,(H,21,25). The molecule has 0 saturated heterocycles. The third kappa shape index (κ3) is 3.43. The van der Waals surface area contributed by atoms with E-state index in [1.165, 1.54) is 6.20 Å². The molecule has 8 nitrogen and oxygen atoms in total. The first-order valence-corrected chi connectivity index (χ1v) is 7.83. The predicted molar refractivity (Wildman–Crippen MR) is 93.9 cm³/mol. The van der Waals surface area contributed by atoms with E-state index in [4.69, 9.17) is 0 Å². The molecule has 0 aliphatic rings. The molecular weight excluding hydrogens is 320 g/mol. The van der Waals surface area contributed by atoms with Crippen LogP contribution < -0.4 is 10.2 Å². The lowest BCUT2D eigenvalue weighted by Gasteiger charge is -2.23. The highest BCUT2D eigenvalue weighted by molar-refractivity contribution is 6.00. The van der Waals surface area contributed by atoms with Crippen molar-refractivity contribution in [1.82, 2.24) is 24.9 Å². The largest absolute Gasteiger partial charge is 0.394 e. The summed E-state index contributed by atoms with van der Waals surface area (Å²) in [4.78, 5) is 23.0. The number of nitrogens with zero attached hydrogens (tertiary/aromatic N) is 5. The second-order valence-electron chi connectivity index (χ2n) is 6.38. The predicted octanol–water partition coefficient (Wildman–Crippen LogP) is 1.39. The molecule has 0 saturated carbocycles. The molecule has 0 aliphatic heterocycles. The van der Waals surface area contributed by atoms with E-state index >= 15 is 0 Å². The number of nitrogens with one attached hydrogen (secondary N) is 1. The summed E-state index contributed by atoms with van der Waals surface area (Å²) in [5, 5.41) is 16.3. The summed E-state index contributed by atoms with van der Waals surface area (Å²) in [7, 11) is 1.88. The molecule has 1 amide bonds. The van der Waals surface area contributed by atoms with Crippen molar-refractivity contribution in [2.75, 3.05) is 18.6 Å². The Morgan fingerprint density at radius 3 is 2.84 bits per heavy atom. The zero-order valence-electron chi connectivity index (χ0n) is 14.3. The van der Waals surface area contributed by atoms with Gasteiger partial charge in [0.05, 0.1) is 30.2 Å². The normalized spacial score (nSPS) is 11.5. The maximum Gasteiger partial charge on any atom is 0.257 e. The Hall–Kier alpha value is -3.00. The van der Waals surface area contributed by atoms with Crippen LogP contribution in [-0.2, 0) is 0 Å². The SMILES string of the molecule is CN(c1cccnc1)c1ccn2ncc(C(=O)NC(C)(C)CO)c2n1. The van der Waals surface area contributed by atoms with Crippen LogP contribution in [0.15, 0.2) is 43.0 Å². The van der Waals surface area contributed by atoms with Gasteiger partial charge in [0, 0.05) is 19.4 Å². The fourth-order valence-corrected chi connectivity index (χ4v) is 2.30. The quantitative estimate of drug-likeness (QED) is 0.729. The van der Waals surface area contributed by atoms with Crippen LogP contribution in [0.1, 0.15) is 24.2 Å². The van der Waals surface area contributed by atoms with Crippen LogP contribution in [0.2, 0.25) is 0 Å². The summed E-state index contributed by atoms with van der Waals surface area (Å²) >= 11 is 0. The molecule has 8 heteroatoms. The number of hydrogen-bond acceptors (Lipinski definition) is 6. The average Bonchev–Trinajstić information content (AvgIpc) is 3.04. The maximum atomic E-state index is 12.5. The van der Waals surface area contributed by atoms with Gasteiger partial charge in [-0.2, -0.15) is 5.10 Å². The summed E-state index contributed by atoms with van der Waals surface area (Å²) in [5.41, 5.74) is 0.948. The van der Waals surface area contributed by atoms with Gasteiger partial charge in [0.2, 0.25) is 0 Å². The number of carbonyl (C=O) groups excluding carboxylic acids is 1. The van der Waals surface area contributed by atoms with E-state index < -0.39 is 5.54 Å². The van der Waals surface area contributed by atoms with Gasteiger partial charge in [0.25, 0.3) is 5.91 Å². The van der Waals surface area contributed by atoms with Gasteiger partial charge in [-0.05, 0) is 32.0 Å².